The third-order valence-electron chi connectivity index (χ3n) is 2.62. The van der Waals surface area contributed by atoms with Gasteiger partial charge < -0.3 is 5.32 Å². The lowest BCUT2D eigenvalue weighted by molar-refractivity contribution is 0.0947. The maximum Gasteiger partial charge on any atom is 0.251 e. The Morgan fingerprint density at radius 3 is 2.50 bits per heavy atom. The molecule has 1 heterocycles. The van der Waals surface area contributed by atoms with Crippen LogP contribution in [0.5, 0.6) is 0 Å². The van der Waals surface area contributed by atoms with E-state index in [1.54, 1.807) is 12.1 Å². The molecule has 0 spiro atoms. The van der Waals surface area contributed by atoms with Gasteiger partial charge in [-0.3, -0.25) is 4.79 Å². The molecule has 1 aliphatic heterocycles. The van der Waals surface area contributed by atoms with Crippen molar-refractivity contribution < 1.29 is 13.2 Å². The first-order chi connectivity index (χ1) is 8.50. The molecule has 0 radical (unpaired) electrons. The van der Waals surface area contributed by atoms with Crippen LogP contribution in [0.1, 0.15) is 15.9 Å². The molecule has 0 bridgehead atoms. The summed E-state index contributed by atoms with van der Waals surface area (Å²) in [6, 6.07) is 6.71. The number of carbonyl (C=O) groups excluding carboxylic acids is 1. The molecule has 2 rings (SSSR count). The molecule has 1 atom stereocenters. The highest BCUT2D eigenvalue weighted by Gasteiger charge is 2.23. The summed E-state index contributed by atoms with van der Waals surface area (Å²) in [4.78, 5) is 11.9. The van der Waals surface area contributed by atoms with Crippen LogP contribution in [0.3, 0.4) is 0 Å². The smallest absolute Gasteiger partial charge is 0.251 e. The summed E-state index contributed by atoms with van der Waals surface area (Å²) in [6.45, 7) is 0. The molecule has 4 nitrogen and oxygen atoms in total. The second-order valence-electron chi connectivity index (χ2n) is 4.07. The summed E-state index contributed by atoms with van der Waals surface area (Å²) >= 11 is 3.33. The highest BCUT2D eigenvalue weighted by Crippen LogP contribution is 2.11. The van der Waals surface area contributed by atoms with Gasteiger partial charge in [0.1, 0.15) is 0 Å². The van der Waals surface area contributed by atoms with Gasteiger partial charge in [-0.25, -0.2) is 8.42 Å². The monoisotopic (exact) mass is 329 g/mol. The Morgan fingerprint density at radius 2 is 2.00 bits per heavy atom. The lowest BCUT2D eigenvalue weighted by atomic mass is 10.1. The van der Waals surface area contributed by atoms with Gasteiger partial charge in [0.05, 0.1) is 11.8 Å². The summed E-state index contributed by atoms with van der Waals surface area (Å²) in [5.41, 5.74) is 1.60. The number of rotatable bonds is 3. The summed E-state index contributed by atoms with van der Waals surface area (Å²) in [5, 5.41) is 4.55. The van der Waals surface area contributed by atoms with Gasteiger partial charge in [0.25, 0.3) is 5.91 Å². The van der Waals surface area contributed by atoms with E-state index in [4.69, 9.17) is 0 Å². The number of sulfone groups is 1. The van der Waals surface area contributed by atoms with Gasteiger partial charge >= 0.3 is 0 Å². The number of hydrogen-bond donors (Lipinski definition) is 1. The average Bonchev–Trinajstić information content (AvgIpc) is 2.68. The minimum Gasteiger partial charge on any atom is -0.345 e. The van der Waals surface area contributed by atoms with Crippen LogP contribution < -0.4 is 5.32 Å². The molecule has 1 amide bonds. The molecule has 1 unspecified atom stereocenters. The van der Waals surface area contributed by atoms with Crippen LogP contribution >= 0.6 is 15.9 Å². The first-order valence-corrected chi connectivity index (χ1v) is 8.20. The predicted octanol–water partition coefficient (Wildman–Crippen LogP) is 1.62. The topological polar surface area (TPSA) is 63.2 Å². The first kappa shape index (κ1) is 13.3. The fraction of sp³-hybridized carbons (Fsp3) is 0.250. The quantitative estimate of drug-likeness (QED) is 0.857. The molecule has 0 aliphatic carbocycles. The van der Waals surface area contributed by atoms with E-state index < -0.39 is 15.9 Å². The van der Waals surface area contributed by atoms with Crippen molar-refractivity contribution in [1.82, 2.24) is 5.32 Å². The molecule has 6 heteroatoms. The molecule has 1 aromatic rings. The fourth-order valence-corrected chi connectivity index (χ4v) is 3.27. The maximum atomic E-state index is 11.9. The van der Waals surface area contributed by atoms with Crippen molar-refractivity contribution in [3.63, 3.8) is 0 Å². The Bertz CT molecular complexity index is 578. The second-order valence-corrected chi connectivity index (χ2v) is 6.56. The van der Waals surface area contributed by atoms with Gasteiger partial charge in [-0.2, -0.15) is 0 Å². The van der Waals surface area contributed by atoms with Crippen LogP contribution in [0, 0.1) is 0 Å². The van der Waals surface area contributed by atoms with Gasteiger partial charge in [-0.1, -0.05) is 28.1 Å². The average molecular weight is 330 g/mol. The largest absolute Gasteiger partial charge is 0.345 e. The van der Waals surface area contributed by atoms with E-state index in [2.05, 4.69) is 21.2 Å². The van der Waals surface area contributed by atoms with E-state index in [-0.39, 0.29) is 11.7 Å². The number of carbonyl (C=O) groups is 1. The van der Waals surface area contributed by atoms with Crippen molar-refractivity contribution in [3.8, 4) is 0 Å². The van der Waals surface area contributed by atoms with E-state index in [1.165, 1.54) is 6.08 Å². The molecule has 96 valence electrons. The van der Waals surface area contributed by atoms with Crippen molar-refractivity contribution in [3.05, 3.63) is 46.9 Å². The summed E-state index contributed by atoms with van der Waals surface area (Å²) < 4.78 is 22.4. The minimum absolute atomic E-state index is 0.0573. The number of hydrogen-bond acceptors (Lipinski definition) is 3. The van der Waals surface area contributed by atoms with Gasteiger partial charge in [0.15, 0.2) is 9.84 Å². The number of alkyl halides is 1. The molecule has 1 N–H and O–H groups in total. The minimum atomic E-state index is -3.14. The lowest BCUT2D eigenvalue weighted by Gasteiger charge is -2.10. The molecule has 0 saturated carbocycles. The van der Waals surface area contributed by atoms with Gasteiger partial charge in [0.2, 0.25) is 0 Å². The van der Waals surface area contributed by atoms with Crippen molar-refractivity contribution in [2.75, 3.05) is 5.75 Å². The van der Waals surface area contributed by atoms with E-state index in [9.17, 15) is 13.2 Å². The molecular formula is C12H12BrNO3S. The third kappa shape index (κ3) is 3.20. The van der Waals surface area contributed by atoms with Crippen LogP contribution in [-0.4, -0.2) is 26.1 Å². The standard InChI is InChI=1S/C12H12BrNO3S/c13-7-9-1-3-10(4-2-9)12(15)14-11-5-6-18(16,17)8-11/h1-6,11H,7-8H2,(H,14,15). The maximum absolute atomic E-state index is 11.9. The van der Waals surface area contributed by atoms with E-state index in [0.29, 0.717) is 5.56 Å². The van der Waals surface area contributed by atoms with E-state index in [1.807, 2.05) is 12.1 Å². The van der Waals surface area contributed by atoms with Crippen LogP contribution in [0.4, 0.5) is 0 Å². The van der Waals surface area contributed by atoms with Crippen molar-refractivity contribution in [2.45, 2.75) is 11.4 Å². The third-order valence-corrected chi connectivity index (χ3v) is 4.66. The van der Waals surface area contributed by atoms with Gasteiger partial charge in [-0.05, 0) is 23.8 Å². The predicted molar refractivity (Wildman–Crippen MR) is 73.3 cm³/mol. The number of halogens is 1. The summed E-state index contributed by atoms with van der Waals surface area (Å²) in [7, 11) is -3.14. The highest BCUT2D eigenvalue weighted by molar-refractivity contribution is 9.08. The Hall–Kier alpha value is -1.14. The first-order valence-electron chi connectivity index (χ1n) is 5.37. The summed E-state index contributed by atoms with van der Waals surface area (Å²) in [5.74, 6) is -0.319. The highest BCUT2D eigenvalue weighted by atomic mass is 79.9. The SMILES string of the molecule is O=C(NC1C=CS(=O)(=O)C1)c1ccc(CBr)cc1. The van der Waals surface area contributed by atoms with Crippen molar-refractivity contribution in [2.24, 2.45) is 0 Å². The fourth-order valence-electron chi connectivity index (χ4n) is 1.66. The van der Waals surface area contributed by atoms with Gasteiger partial charge in [0, 0.05) is 16.3 Å². The molecule has 1 aliphatic rings. The molecule has 1 aromatic carbocycles. The lowest BCUT2D eigenvalue weighted by Crippen LogP contribution is -2.35. The molecule has 0 saturated heterocycles. The zero-order valence-corrected chi connectivity index (χ0v) is 11.9. The zero-order chi connectivity index (χ0) is 13.2. The van der Waals surface area contributed by atoms with Gasteiger partial charge in [-0.15, -0.1) is 0 Å². The van der Waals surface area contributed by atoms with Crippen LogP contribution in [0.15, 0.2) is 35.7 Å². The number of benzene rings is 1. The van der Waals surface area contributed by atoms with Crippen molar-refractivity contribution in [1.29, 1.82) is 0 Å². The number of amides is 1. The summed E-state index contributed by atoms with van der Waals surface area (Å²) in [6.07, 6.45) is 1.50. The van der Waals surface area contributed by atoms with E-state index in [0.717, 1.165) is 16.3 Å². The molecular weight excluding hydrogens is 318 g/mol. The van der Waals surface area contributed by atoms with Crippen LogP contribution in [0.25, 0.3) is 0 Å². The Kier molecular flexibility index (Phi) is 3.87. The molecule has 18 heavy (non-hydrogen) atoms. The second kappa shape index (κ2) is 5.24. The normalized spacial score (nSPS) is 20.8. The van der Waals surface area contributed by atoms with Crippen LogP contribution in [-0.2, 0) is 15.2 Å². The Morgan fingerprint density at radius 1 is 1.33 bits per heavy atom. The van der Waals surface area contributed by atoms with Crippen LogP contribution in [0.2, 0.25) is 0 Å². The Labute approximate surface area is 114 Å². The molecule has 0 fully saturated rings. The van der Waals surface area contributed by atoms with Crippen molar-refractivity contribution >= 4 is 31.7 Å². The molecule has 0 aromatic heterocycles. The zero-order valence-electron chi connectivity index (χ0n) is 9.47. The van der Waals surface area contributed by atoms with E-state index >= 15 is 0 Å². The Balaban J connectivity index is 2.02. The number of nitrogens with one attached hydrogen (secondary N) is 1.